The molecule has 7 rings (SSSR count). The average Bonchev–Trinajstić information content (AvgIpc) is 4.05. The highest BCUT2D eigenvalue weighted by Crippen LogP contribution is 2.36. The number of methoxy groups -OCH3 is 1. The first kappa shape index (κ1) is 39.1. The van der Waals surface area contributed by atoms with Crippen molar-refractivity contribution in [3.63, 3.8) is 0 Å². The van der Waals surface area contributed by atoms with E-state index in [0.717, 1.165) is 80.8 Å². The van der Waals surface area contributed by atoms with Crippen LogP contribution in [0, 0.1) is 5.92 Å². The number of carbonyl (C=O) groups is 4. The Morgan fingerprint density at radius 1 is 0.877 bits per heavy atom. The van der Waals surface area contributed by atoms with Gasteiger partial charge in [0.05, 0.1) is 36.8 Å². The lowest BCUT2D eigenvalue weighted by atomic mass is 9.98. The molecule has 0 unspecified atom stereocenters. The van der Waals surface area contributed by atoms with E-state index >= 15 is 0 Å². The number of rotatable bonds is 10. The lowest BCUT2D eigenvalue weighted by molar-refractivity contribution is -0.142. The number of imidazole rings is 2. The lowest BCUT2D eigenvalue weighted by Gasteiger charge is -2.37. The van der Waals surface area contributed by atoms with E-state index in [9.17, 15) is 24.3 Å². The molecule has 3 aromatic carbocycles. The van der Waals surface area contributed by atoms with Gasteiger partial charge in [0, 0.05) is 37.5 Å². The van der Waals surface area contributed by atoms with Crippen LogP contribution in [-0.4, -0.2) is 103 Å². The highest BCUT2D eigenvalue weighted by atomic mass is 16.5. The molecule has 3 atom stereocenters. The van der Waals surface area contributed by atoms with Gasteiger partial charge in [0.25, 0.3) is 0 Å². The summed E-state index contributed by atoms with van der Waals surface area (Å²) in [4.78, 5) is 71.6. The van der Waals surface area contributed by atoms with E-state index in [1.807, 2.05) is 24.9 Å². The van der Waals surface area contributed by atoms with Crippen LogP contribution < -0.4 is 5.32 Å². The Balaban J connectivity index is 1.03. The van der Waals surface area contributed by atoms with E-state index in [0.29, 0.717) is 18.9 Å². The van der Waals surface area contributed by atoms with Crippen LogP contribution >= 0.6 is 0 Å². The Morgan fingerprint density at radius 2 is 1.47 bits per heavy atom. The number of aromatic amines is 2. The Kier molecular flexibility index (Phi) is 10.8. The minimum absolute atomic E-state index is 0.107. The molecule has 0 spiro atoms. The van der Waals surface area contributed by atoms with E-state index in [-0.39, 0.29) is 29.8 Å². The zero-order valence-electron chi connectivity index (χ0n) is 33.2. The predicted octanol–water partition coefficient (Wildman–Crippen LogP) is 7.38. The van der Waals surface area contributed by atoms with Crippen LogP contribution in [0.2, 0.25) is 0 Å². The largest absolute Gasteiger partial charge is 0.465 e. The molecule has 4 amide bonds. The summed E-state index contributed by atoms with van der Waals surface area (Å²) < 4.78 is 4.76. The molecular weight excluding hydrogens is 725 g/mol. The van der Waals surface area contributed by atoms with Gasteiger partial charge >= 0.3 is 12.2 Å². The molecule has 57 heavy (non-hydrogen) atoms. The lowest BCUT2D eigenvalue weighted by Crippen LogP contribution is -2.56. The van der Waals surface area contributed by atoms with Gasteiger partial charge in [0.1, 0.15) is 23.2 Å². The number of hydrogen-bond acceptors (Lipinski definition) is 7. The third kappa shape index (κ3) is 7.68. The van der Waals surface area contributed by atoms with Crippen LogP contribution in [0.3, 0.4) is 0 Å². The number of ether oxygens (including phenoxy) is 1. The highest BCUT2D eigenvalue weighted by Gasteiger charge is 2.43. The van der Waals surface area contributed by atoms with Gasteiger partial charge in [-0.05, 0) is 79.5 Å². The molecule has 0 bridgehead atoms. The van der Waals surface area contributed by atoms with Gasteiger partial charge in [-0.15, -0.1) is 0 Å². The molecule has 5 aromatic rings. The fourth-order valence-electron chi connectivity index (χ4n) is 7.96. The second kappa shape index (κ2) is 15.8. The maximum atomic E-state index is 13.6. The van der Waals surface area contributed by atoms with Gasteiger partial charge in [-0.2, -0.15) is 0 Å². The zero-order chi connectivity index (χ0) is 40.6. The number of nitrogens with zero attached hydrogens (tertiary/aromatic N) is 5. The summed E-state index contributed by atoms with van der Waals surface area (Å²) in [6, 6.07) is 19.8. The van der Waals surface area contributed by atoms with Crippen molar-refractivity contribution in [2.24, 2.45) is 5.92 Å². The predicted molar refractivity (Wildman–Crippen MR) is 216 cm³/mol. The molecule has 0 radical (unpaired) electrons. The summed E-state index contributed by atoms with van der Waals surface area (Å²) in [6.45, 7) is 8.20. The number of fused-ring (bicyclic) bond motifs is 1. The van der Waals surface area contributed by atoms with Gasteiger partial charge in [0.15, 0.2) is 0 Å². The van der Waals surface area contributed by atoms with Crippen LogP contribution in [0.25, 0.3) is 44.4 Å². The van der Waals surface area contributed by atoms with Crippen molar-refractivity contribution in [1.82, 2.24) is 40.0 Å². The van der Waals surface area contributed by atoms with Crippen molar-refractivity contribution in [2.75, 3.05) is 27.2 Å². The SMILES string of the molecule is COC(=O)N[C@H](C(=O)N1CCC[C@H]1c1nc(-c2ccc(-c3ccc4cc(-c5cnc([C@@H]6CCCN6C(=O)C(C)(C)N(C)C(=O)O)[nH]5)ccc4c3)cc2)c[nH]1)C(C)C. The summed E-state index contributed by atoms with van der Waals surface area (Å²) in [6.07, 6.45) is 5.08. The van der Waals surface area contributed by atoms with Crippen LogP contribution in [0.4, 0.5) is 9.59 Å². The number of aromatic nitrogens is 4. The highest BCUT2D eigenvalue weighted by molar-refractivity contribution is 5.91. The van der Waals surface area contributed by atoms with Gasteiger partial charge in [-0.25, -0.2) is 19.6 Å². The van der Waals surface area contributed by atoms with Crippen LogP contribution in [0.5, 0.6) is 0 Å². The molecule has 4 heterocycles. The molecule has 2 aliphatic rings. The summed E-state index contributed by atoms with van der Waals surface area (Å²) in [5.74, 6) is 0.923. The Bertz CT molecular complexity index is 2300. The smallest absolute Gasteiger partial charge is 0.407 e. The van der Waals surface area contributed by atoms with Crippen LogP contribution in [0.15, 0.2) is 73.1 Å². The van der Waals surface area contributed by atoms with E-state index in [1.165, 1.54) is 14.2 Å². The topological polar surface area (TPSA) is 177 Å². The number of alkyl carbamates (subject to hydrolysis) is 1. The fourth-order valence-corrected chi connectivity index (χ4v) is 7.96. The van der Waals surface area contributed by atoms with Gasteiger partial charge in [-0.1, -0.05) is 62.4 Å². The van der Waals surface area contributed by atoms with Crippen molar-refractivity contribution in [3.8, 4) is 33.6 Å². The molecular formula is C43H50N8O6. The fraction of sp³-hybridized carbons (Fsp3) is 0.395. The molecule has 298 valence electrons. The number of H-pyrrole nitrogens is 2. The minimum atomic E-state index is -1.21. The molecule has 0 aliphatic carbocycles. The van der Waals surface area contributed by atoms with E-state index in [2.05, 4.69) is 80.9 Å². The second-order valence-corrected chi connectivity index (χ2v) is 15.8. The van der Waals surface area contributed by atoms with Crippen molar-refractivity contribution in [1.29, 1.82) is 0 Å². The van der Waals surface area contributed by atoms with Gasteiger partial charge in [0.2, 0.25) is 11.8 Å². The maximum absolute atomic E-state index is 13.6. The number of amides is 4. The molecule has 14 heteroatoms. The number of hydrogen-bond donors (Lipinski definition) is 4. The number of likely N-dealkylation sites (tertiary alicyclic amines) is 2. The van der Waals surface area contributed by atoms with E-state index < -0.39 is 23.8 Å². The molecule has 0 saturated carbocycles. The Labute approximate surface area is 331 Å². The number of nitrogens with one attached hydrogen (secondary N) is 3. The number of carbonyl (C=O) groups excluding carboxylic acids is 3. The zero-order valence-corrected chi connectivity index (χ0v) is 33.2. The summed E-state index contributed by atoms with van der Waals surface area (Å²) in [7, 11) is 2.71. The number of likely N-dealkylation sites (N-methyl/N-ethyl adjacent to an activating group) is 1. The van der Waals surface area contributed by atoms with Gasteiger partial charge < -0.3 is 34.9 Å². The molecule has 2 fully saturated rings. The number of benzene rings is 3. The standard InChI is InChI=1S/C43H50N8O6/c1-25(2)36(48-41(54)57-6)39(52)50-19-7-9-34(50)37-44-23-32(46-37)27-13-11-26(12-14-27)28-15-16-30-22-31(18-17-29(30)21-28)33-24-45-38(47-33)35-10-8-20-51(35)40(53)43(3,4)49(5)42(55)56/h11-18,21-25,34-36H,7-10,19-20H2,1-6H3,(H,44,46)(H,45,47)(H,48,54)(H,55,56)/t34-,35-,36-/m0/s1. The first-order valence-corrected chi connectivity index (χ1v) is 19.4. The first-order valence-electron chi connectivity index (χ1n) is 19.4. The quantitative estimate of drug-likeness (QED) is 0.114. The first-order chi connectivity index (χ1) is 27.3. The van der Waals surface area contributed by atoms with E-state index in [4.69, 9.17) is 9.72 Å². The molecule has 2 aliphatic heterocycles. The minimum Gasteiger partial charge on any atom is -0.465 e. The van der Waals surface area contributed by atoms with E-state index in [1.54, 1.807) is 24.9 Å². The Hall–Kier alpha value is -6.18. The van der Waals surface area contributed by atoms with Crippen molar-refractivity contribution in [2.45, 2.75) is 77.0 Å². The molecule has 2 saturated heterocycles. The third-order valence-corrected chi connectivity index (χ3v) is 11.6. The maximum Gasteiger partial charge on any atom is 0.407 e. The summed E-state index contributed by atoms with van der Waals surface area (Å²) >= 11 is 0. The second-order valence-electron chi connectivity index (χ2n) is 15.8. The van der Waals surface area contributed by atoms with Crippen LogP contribution in [-0.2, 0) is 14.3 Å². The van der Waals surface area contributed by atoms with Gasteiger partial charge in [-0.3, -0.25) is 14.5 Å². The van der Waals surface area contributed by atoms with Crippen LogP contribution in [0.1, 0.15) is 77.1 Å². The summed E-state index contributed by atoms with van der Waals surface area (Å²) in [5, 5.41) is 14.4. The third-order valence-electron chi connectivity index (χ3n) is 11.6. The average molecular weight is 775 g/mol. The summed E-state index contributed by atoms with van der Waals surface area (Å²) in [5.41, 5.74) is 4.50. The van der Waals surface area contributed by atoms with Crippen molar-refractivity contribution in [3.05, 3.63) is 84.7 Å². The van der Waals surface area contributed by atoms with Crippen molar-refractivity contribution >= 4 is 34.8 Å². The monoisotopic (exact) mass is 774 g/mol. The Morgan fingerprint density at radius 3 is 2.12 bits per heavy atom. The number of carboxylic acid groups (broad SMARTS) is 1. The normalized spacial score (nSPS) is 17.6. The molecule has 4 N–H and O–H groups in total. The molecule has 2 aromatic heterocycles. The molecule has 14 nitrogen and oxygen atoms in total. The van der Waals surface area contributed by atoms with Crippen molar-refractivity contribution < 1.29 is 29.0 Å².